The van der Waals surface area contributed by atoms with Gasteiger partial charge in [0.15, 0.2) is 0 Å². The number of carbonyl (C=O) groups is 2. The Morgan fingerprint density at radius 2 is 1.74 bits per heavy atom. The topological polar surface area (TPSA) is 65.0 Å². The van der Waals surface area contributed by atoms with Crippen molar-refractivity contribution in [2.75, 3.05) is 17.3 Å². The van der Waals surface area contributed by atoms with Crippen LogP contribution in [0.5, 0.6) is 0 Å². The minimum atomic E-state index is -2.06. The molecule has 0 saturated carbocycles. The third kappa shape index (κ3) is 5.03. The number of carbonyl (C=O) groups excluding carboxylic acids is 2. The molecular weight excluding hydrogens is 496 g/mol. The molecule has 0 bridgehead atoms. The average molecular weight is 510 g/mol. The molecule has 1 aliphatic rings. The fourth-order valence-electron chi connectivity index (χ4n) is 2.77. The average Bonchev–Trinajstić information content (AvgIpc) is 2.90. The molecule has 2 aromatic carbocycles. The number of nitrogens with zero attached hydrogens (tertiary/aromatic N) is 3. The van der Waals surface area contributed by atoms with Gasteiger partial charge in [-0.1, -0.05) is 53.0 Å². The molecule has 2 unspecified atom stereocenters. The van der Waals surface area contributed by atoms with E-state index in [9.17, 15) is 18.4 Å². The highest BCUT2D eigenvalue weighted by Crippen LogP contribution is 2.37. The summed E-state index contributed by atoms with van der Waals surface area (Å²) in [5.41, 5.74) is 0.0188. The van der Waals surface area contributed by atoms with E-state index in [0.717, 1.165) is 21.9 Å². The van der Waals surface area contributed by atoms with Gasteiger partial charge in [0.05, 0.1) is 5.69 Å². The maximum absolute atomic E-state index is 14.4. The van der Waals surface area contributed by atoms with Crippen molar-refractivity contribution in [3.63, 3.8) is 0 Å². The second kappa shape index (κ2) is 9.16. The molecule has 12 heteroatoms. The number of aliphatic imine (C=N–C) groups is 1. The van der Waals surface area contributed by atoms with Crippen molar-refractivity contribution in [1.82, 2.24) is 4.90 Å². The summed E-state index contributed by atoms with van der Waals surface area (Å²) in [6.07, 6.45) is -1.32. The lowest BCUT2D eigenvalue weighted by Gasteiger charge is -2.27. The van der Waals surface area contributed by atoms with E-state index in [1.54, 1.807) is 0 Å². The van der Waals surface area contributed by atoms with E-state index in [-0.39, 0.29) is 11.4 Å². The molecule has 164 valence electrons. The van der Waals surface area contributed by atoms with Crippen LogP contribution < -0.4 is 10.2 Å². The number of amidine groups is 1. The lowest BCUT2D eigenvalue weighted by molar-refractivity contribution is -0.119. The largest absolute Gasteiger partial charge is 0.362 e. The van der Waals surface area contributed by atoms with Crippen molar-refractivity contribution in [3.8, 4) is 0 Å². The zero-order chi connectivity index (χ0) is 22.9. The molecule has 3 rings (SSSR count). The molecule has 0 spiro atoms. The van der Waals surface area contributed by atoms with Crippen LogP contribution in [0.1, 0.15) is 0 Å². The van der Waals surface area contributed by atoms with Crippen LogP contribution in [0.25, 0.3) is 0 Å². The summed E-state index contributed by atoms with van der Waals surface area (Å²) in [7, 11) is 1.21. The van der Waals surface area contributed by atoms with Gasteiger partial charge in [0, 0.05) is 12.7 Å². The van der Waals surface area contributed by atoms with Gasteiger partial charge in [0.2, 0.25) is 9.63 Å². The molecule has 1 saturated heterocycles. The maximum Gasteiger partial charge on any atom is 0.337 e. The number of alkyl halides is 4. The van der Waals surface area contributed by atoms with E-state index in [1.165, 1.54) is 43.4 Å². The summed E-state index contributed by atoms with van der Waals surface area (Å²) in [5, 5.41) is 1.40. The van der Waals surface area contributed by atoms with Gasteiger partial charge >= 0.3 is 6.03 Å². The van der Waals surface area contributed by atoms with Gasteiger partial charge in [-0.25, -0.2) is 23.5 Å². The monoisotopic (exact) mass is 508 g/mol. The summed E-state index contributed by atoms with van der Waals surface area (Å²) >= 11 is 24.0. The number of amides is 3. The number of para-hydroxylation sites is 1. The summed E-state index contributed by atoms with van der Waals surface area (Å²) in [6, 6.07) is 9.77. The Morgan fingerprint density at radius 1 is 1.06 bits per heavy atom. The van der Waals surface area contributed by atoms with Crippen molar-refractivity contribution in [1.29, 1.82) is 0 Å². The van der Waals surface area contributed by atoms with E-state index in [2.05, 4.69) is 10.3 Å². The summed E-state index contributed by atoms with van der Waals surface area (Å²) in [6.45, 7) is 0. The molecule has 0 aliphatic carbocycles. The highest BCUT2D eigenvalue weighted by Gasteiger charge is 2.45. The van der Waals surface area contributed by atoms with E-state index in [1.807, 2.05) is 0 Å². The molecule has 1 N–H and O–H groups in total. The maximum atomic E-state index is 14.4. The standard InChI is InChI=1S/C19H14Cl4F2N4O2/c1-28-17(30)16(29(18(28)31)13-8-3-2-7-12(13)25)27-15(14(20)19(21,22)23)26-11-6-4-5-10(24)9-11/h2-9,14-15,26H,1H3. The van der Waals surface area contributed by atoms with E-state index >= 15 is 0 Å². The second-order valence-electron chi connectivity index (χ2n) is 6.43. The number of hydrogen-bond acceptors (Lipinski definition) is 4. The minimum Gasteiger partial charge on any atom is -0.362 e. The summed E-state index contributed by atoms with van der Waals surface area (Å²) in [4.78, 5) is 31.1. The number of halogens is 6. The predicted octanol–water partition coefficient (Wildman–Crippen LogP) is 5.18. The molecule has 0 aromatic heterocycles. The number of anilines is 2. The molecule has 0 radical (unpaired) electrons. The minimum absolute atomic E-state index is 0.200. The van der Waals surface area contributed by atoms with Crippen LogP contribution in [0, 0.1) is 11.6 Å². The van der Waals surface area contributed by atoms with Gasteiger partial charge in [-0.05, 0) is 30.3 Å². The zero-order valence-corrected chi connectivity index (χ0v) is 18.7. The van der Waals surface area contributed by atoms with Crippen LogP contribution in [0.4, 0.5) is 25.0 Å². The number of benzene rings is 2. The highest BCUT2D eigenvalue weighted by molar-refractivity contribution is 6.70. The molecule has 3 amide bonds. The summed E-state index contributed by atoms with van der Waals surface area (Å²) < 4.78 is 25.9. The van der Waals surface area contributed by atoms with Gasteiger partial charge in [0.1, 0.15) is 23.2 Å². The first-order chi connectivity index (χ1) is 14.5. The molecule has 1 heterocycles. The SMILES string of the molecule is CN1C(=O)C(=NC(Nc2cccc(F)c2)C(Cl)C(Cl)(Cl)Cl)N(c2ccccc2F)C1=O. The van der Waals surface area contributed by atoms with Gasteiger partial charge in [-0.3, -0.25) is 9.69 Å². The van der Waals surface area contributed by atoms with Crippen LogP contribution >= 0.6 is 46.4 Å². The van der Waals surface area contributed by atoms with Gasteiger partial charge in [-0.15, -0.1) is 11.6 Å². The normalized spacial score (nSPS) is 18.0. The first-order valence-electron chi connectivity index (χ1n) is 8.68. The quantitative estimate of drug-likeness (QED) is 0.446. The predicted molar refractivity (Wildman–Crippen MR) is 118 cm³/mol. The lowest BCUT2D eigenvalue weighted by Crippen LogP contribution is -2.41. The fourth-order valence-corrected chi connectivity index (χ4v) is 3.24. The number of nitrogens with one attached hydrogen (secondary N) is 1. The Hall–Kier alpha value is -2.13. The number of hydrogen-bond donors (Lipinski definition) is 1. The number of likely N-dealkylation sites (N-methyl/N-ethyl adjacent to an activating group) is 1. The molecular formula is C19H14Cl4F2N4O2. The molecule has 31 heavy (non-hydrogen) atoms. The Labute approximate surface area is 196 Å². The highest BCUT2D eigenvalue weighted by atomic mass is 35.6. The Bertz CT molecular complexity index is 1050. The second-order valence-corrected chi connectivity index (χ2v) is 9.27. The fraction of sp³-hybridized carbons (Fsp3) is 0.211. The Balaban J connectivity index is 2.10. The number of urea groups is 1. The van der Waals surface area contributed by atoms with E-state index < -0.39 is 44.7 Å². The number of rotatable bonds is 5. The molecule has 2 atom stereocenters. The van der Waals surface area contributed by atoms with Crippen LogP contribution in [-0.2, 0) is 4.79 Å². The molecule has 6 nitrogen and oxygen atoms in total. The van der Waals surface area contributed by atoms with E-state index in [0.29, 0.717) is 0 Å². The molecule has 2 aromatic rings. The van der Waals surface area contributed by atoms with E-state index in [4.69, 9.17) is 46.4 Å². The first-order valence-corrected chi connectivity index (χ1v) is 10.2. The molecule has 1 aliphatic heterocycles. The van der Waals surface area contributed by atoms with Crippen molar-refractivity contribution >= 4 is 75.6 Å². The Morgan fingerprint density at radius 3 is 2.35 bits per heavy atom. The third-order valence-corrected chi connectivity index (χ3v) is 5.88. The van der Waals surface area contributed by atoms with Crippen molar-refractivity contribution in [2.24, 2.45) is 4.99 Å². The lowest BCUT2D eigenvalue weighted by atomic mass is 10.2. The van der Waals surface area contributed by atoms with Crippen LogP contribution in [0.15, 0.2) is 53.5 Å². The van der Waals surface area contributed by atoms with Gasteiger partial charge in [0.25, 0.3) is 5.91 Å². The summed E-state index contributed by atoms with van der Waals surface area (Å²) in [5.74, 6) is -2.60. The zero-order valence-electron chi connectivity index (χ0n) is 15.7. The van der Waals surface area contributed by atoms with Crippen LogP contribution in [0.3, 0.4) is 0 Å². The van der Waals surface area contributed by atoms with Crippen molar-refractivity contribution in [3.05, 3.63) is 60.2 Å². The first kappa shape index (κ1) is 23.5. The van der Waals surface area contributed by atoms with Gasteiger partial charge in [-0.2, -0.15) is 0 Å². The molecule has 1 fully saturated rings. The third-order valence-electron chi connectivity index (χ3n) is 4.27. The van der Waals surface area contributed by atoms with Gasteiger partial charge < -0.3 is 5.32 Å². The number of imide groups is 1. The smallest absolute Gasteiger partial charge is 0.337 e. The van der Waals surface area contributed by atoms with Crippen molar-refractivity contribution < 1.29 is 18.4 Å². The Kier molecular flexibility index (Phi) is 6.95. The van der Waals surface area contributed by atoms with Crippen molar-refractivity contribution in [2.45, 2.75) is 15.3 Å². The van der Waals surface area contributed by atoms with Crippen LogP contribution in [0.2, 0.25) is 0 Å². The van der Waals surface area contributed by atoms with Crippen LogP contribution in [-0.4, -0.2) is 45.1 Å².